The van der Waals surface area contributed by atoms with Crippen LogP contribution in [0.2, 0.25) is 4.51 Å². The molecule has 0 fully saturated rings. The van der Waals surface area contributed by atoms with Gasteiger partial charge in [0, 0.05) is 0 Å². The van der Waals surface area contributed by atoms with Gasteiger partial charge in [0.05, 0.1) is 0 Å². The summed E-state index contributed by atoms with van der Waals surface area (Å²) in [5.74, 6) is 0. The summed E-state index contributed by atoms with van der Waals surface area (Å²) in [4.78, 5) is 0. The van der Waals surface area contributed by atoms with Crippen LogP contribution in [0, 0.1) is 0 Å². The van der Waals surface area contributed by atoms with E-state index in [4.69, 9.17) is 9.69 Å². The van der Waals surface area contributed by atoms with E-state index in [1.54, 1.807) is 0 Å². The second kappa shape index (κ2) is 3.64. The first kappa shape index (κ1) is 6.77. The number of allylic oxidation sites excluding steroid dienone is 2. The number of hydrogen-bond acceptors (Lipinski definition) is 0. The van der Waals surface area contributed by atoms with Crippen LogP contribution in [0.5, 0.6) is 0 Å². The maximum atomic E-state index is 5.82. The van der Waals surface area contributed by atoms with Gasteiger partial charge in [0.1, 0.15) is 0 Å². The molecule has 1 aliphatic rings. The van der Waals surface area contributed by atoms with Crippen molar-refractivity contribution >= 4 is 9.69 Å². The van der Waals surface area contributed by atoms with Gasteiger partial charge in [0.25, 0.3) is 0 Å². The quantitative estimate of drug-likeness (QED) is 0.432. The number of hydrogen-bond donors (Lipinski definition) is 0. The van der Waals surface area contributed by atoms with Gasteiger partial charge in [-0.3, -0.25) is 0 Å². The van der Waals surface area contributed by atoms with Gasteiger partial charge in [0.2, 0.25) is 0 Å². The van der Waals surface area contributed by atoms with Crippen LogP contribution < -0.4 is 0 Å². The van der Waals surface area contributed by atoms with Crippen LogP contribution in [-0.4, -0.2) is 0 Å². The van der Waals surface area contributed by atoms with Crippen LogP contribution in [0.4, 0.5) is 0 Å². The van der Waals surface area contributed by atoms with E-state index in [1.165, 1.54) is 19.3 Å². The standard InChI is InChI=1S/C6H9.ClH.Zn/c1-2-4-6-5-3-1;;/h1-3H,4-6H2;1H;/q;;+1/p-1. The minimum absolute atomic E-state index is 0.613. The Kier molecular flexibility index (Phi) is 3.08. The summed E-state index contributed by atoms with van der Waals surface area (Å²) in [5.41, 5.74) is 0. The number of rotatable bonds is 1. The average Bonchev–Trinajstić information content (AvgIpc) is 1.90. The van der Waals surface area contributed by atoms with Crippen molar-refractivity contribution in [2.24, 2.45) is 0 Å². The average molecular weight is 182 g/mol. The first-order valence-electron chi connectivity index (χ1n) is 3.16. The van der Waals surface area contributed by atoms with Gasteiger partial charge in [-0.05, 0) is 0 Å². The van der Waals surface area contributed by atoms with E-state index in [-0.39, 0.29) is 0 Å². The molecule has 0 aromatic rings. The normalized spacial score (nSPS) is 27.4. The minimum atomic E-state index is -0.613. The van der Waals surface area contributed by atoms with E-state index >= 15 is 0 Å². The molecule has 0 spiro atoms. The summed E-state index contributed by atoms with van der Waals surface area (Å²) in [6, 6.07) is 0. The summed E-state index contributed by atoms with van der Waals surface area (Å²) >= 11 is -0.613. The molecule has 0 saturated heterocycles. The molecule has 1 aliphatic carbocycles. The van der Waals surface area contributed by atoms with Crippen molar-refractivity contribution in [1.29, 1.82) is 0 Å². The van der Waals surface area contributed by atoms with Crippen LogP contribution >= 0.6 is 9.69 Å². The third-order valence-corrected chi connectivity index (χ3v) is 5.87. The maximum absolute atomic E-state index is 5.82. The third kappa shape index (κ3) is 1.87. The van der Waals surface area contributed by atoms with Gasteiger partial charge in [-0.15, -0.1) is 0 Å². The van der Waals surface area contributed by atoms with E-state index in [2.05, 4.69) is 12.2 Å². The summed E-state index contributed by atoms with van der Waals surface area (Å²) in [7, 11) is 5.82. The Morgan fingerprint density at radius 1 is 1.62 bits per heavy atom. The molecule has 2 heteroatoms. The van der Waals surface area contributed by atoms with Crippen molar-refractivity contribution in [1.82, 2.24) is 0 Å². The van der Waals surface area contributed by atoms with Crippen molar-refractivity contribution in [3.05, 3.63) is 12.2 Å². The fraction of sp³-hybridized carbons (Fsp3) is 0.667. The van der Waals surface area contributed by atoms with E-state index in [1.807, 2.05) is 0 Å². The van der Waals surface area contributed by atoms with Gasteiger partial charge >= 0.3 is 61.8 Å². The number of halogens is 1. The Bertz CT molecular complexity index is 90.5. The fourth-order valence-corrected chi connectivity index (χ4v) is 3.90. The van der Waals surface area contributed by atoms with Gasteiger partial charge in [-0.25, -0.2) is 0 Å². The van der Waals surface area contributed by atoms with Crippen molar-refractivity contribution in [3.63, 3.8) is 0 Å². The molecule has 0 radical (unpaired) electrons. The Morgan fingerprint density at radius 2 is 2.50 bits per heavy atom. The molecule has 0 aromatic carbocycles. The van der Waals surface area contributed by atoms with Crippen LogP contribution in [0.3, 0.4) is 0 Å². The zero-order valence-electron chi connectivity index (χ0n) is 4.94. The molecule has 0 heterocycles. The van der Waals surface area contributed by atoms with Crippen LogP contribution in [0.15, 0.2) is 12.2 Å². The molecule has 1 unspecified atom stereocenters. The Labute approximate surface area is 61.9 Å². The molecule has 8 heavy (non-hydrogen) atoms. The summed E-state index contributed by atoms with van der Waals surface area (Å²) in [6.07, 6.45) is 8.63. The first-order chi connectivity index (χ1) is 3.93. The van der Waals surface area contributed by atoms with Crippen LogP contribution in [0.1, 0.15) is 19.3 Å². The van der Waals surface area contributed by atoms with Crippen molar-refractivity contribution < 1.29 is 16.1 Å². The summed E-state index contributed by atoms with van der Waals surface area (Å²) in [5, 5.41) is 0. The van der Waals surface area contributed by atoms with Gasteiger partial charge in [0.15, 0.2) is 0 Å². The summed E-state index contributed by atoms with van der Waals surface area (Å²) in [6.45, 7) is 0. The van der Waals surface area contributed by atoms with E-state index in [9.17, 15) is 0 Å². The molecular formula is C6H9ClZn. The van der Waals surface area contributed by atoms with E-state index in [0.29, 0.717) is 0 Å². The molecule has 0 amide bonds. The van der Waals surface area contributed by atoms with Gasteiger partial charge in [-0.2, -0.15) is 0 Å². The SMILES string of the molecule is [Cl][Zn][CH]1C=CCCC1. The second-order valence-electron chi connectivity index (χ2n) is 2.27. The predicted octanol–water partition coefficient (Wildman–Crippen LogP) is 2.75. The monoisotopic (exact) mass is 180 g/mol. The van der Waals surface area contributed by atoms with Gasteiger partial charge < -0.3 is 0 Å². The molecule has 0 aromatic heterocycles. The van der Waals surface area contributed by atoms with Crippen LogP contribution in [-0.2, 0) is 16.1 Å². The zero-order valence-corrected chi connectivity index (χ0v) is 8.66. The molecular weight excluding hydrogens is 173 g/mol. The van der Waals surface area contributed by atoms with E-state index in [0.717, 1.165) is 4.51 Å². The molecule has 1 rings (SSSR count). The van der Waals surface area contributed by atoms with Crippen molar-refractivity contribution in [3.8, 4) is 0 Å². The zero-order chi connectivity index (χ0) is 5.82. The van der Waals surface area contributed by atoms with Gasteiger partial charge in [-0.1, -0.05) is 0 Å². The second-order valence-corrected chi connectivity index (χ2v) is 6.72. The topological polar surface area (TPSA) is 0 Å². The van der Waals surface area contributed by atoms with Crippen LogP contribution in [0.25, 0.3) is 0 Å². The molecule has 0 aliphatic heterocycles. The first-order valence-corrected chi connectivity index (χ1v) is 8.77. The van der Waals surface area contributed by atoms with E-state index < -0.39 is 16.1 Å². The Balaban J connectivity index is 2.32. The van der Waals surface area contributed by atoms with Crippen molar-refractivity contribution in [2.45, 2.75) is 23.8 Å². The molecule has 1 atom stereocenters. The molecule has 0 nitrogen and oxygen atoms in total. The Hall–Kier alpha value is 0.653. The van der Waals surface area contributed by atoms with Crippen molar-refractivity contribution in [2.75, 3.05) is 0 Å². The predicted molar refractivity (Wildman–Crippen MR) is 32.6 cm³/mol. The molecule has 0 N–H and O–H groups in total. The Morgan fingerprint density at radius 3 is 2.88 bits per heavy atom. The molecule has 42 valence electrons. The molecule has 0 bridgehead atoms. The third-order valence-electron chi connectivity index (χ3n) is 1.55. The summed E-state index contributed by atoms with van der Waals surface area (Å²) < 4.78 is 0.859. The molecule has 0 saturated carbocycles. The fourth-order valence-electron chi connectivity index (χ4n) is 1.01.